The summed E-state index contributed by atoms with van der Waals surface area (Å²) in [6, 6.07) is 6.95. The SMILES string of the molecule is COc1ccc(S(=O)CCn2cc(C(=O)O)nn2)cc1. The molecular weight excluding hydrogens is 282 g/mol. The van der Waals surface area contributed by atoms with Crippen molar-refractivity contribution in [3.8, 4) is 5.75 Å². The van der Waals surface area contributed by atoms with Gasteiger partial charge in [-0.3, -0.25) is 8.89 Å². The Morgan fingerprint density at radius 2 is 2.10 bits per heavy atom. The zero-order chi connectivity index (χ0) is 14.5. The number of ether oxygens (including phenoxy) is 1. The highest BCUT2D eigenvalue weighted by Crippen LogP contribution is 2.14. The van der Waals surface area contributed by atoms with Gasteiger partial charge in [0.05, 0.1) is 30.7 Å². The molecule has 1 aromatic heterocycles. The molecular formula is C12H13N3O4S. The third kappa shape index (κ3) is 3.41. The number of rotatable bonds is 6. The van der Waals surface area contributed by atoms with Gasteiger partial charge in [-0.05, 0) is 24.3 Å². The molecule has 0 aliphatic carbocycles. The van der Waals surface area contributed by atoms with E-state index in [1.807, 2.05) is 0 Å². The van der Waals surface area contributed by atoms with Gasteiger partial charge in [0, 0.05) is 10.6 Å². The Hall–Kier alpha value is -2.22. The van der Waals surface area contributed by atoms with Crippen LogP contribution in [-0.2, 0) is 17.3 Å². The minimum absolute atomic E-state index is 0.125. The molecule has 0 bridgehead atoms. The second kappa shape index (κ2) is 6.29. The topological polar surface area (TPSA) is 94.3 Å². The molecule has 0 amide bonds. The van der Waals surface area contributed by atoms with Crippen LogP contribution < -0.4 is 4.74 Å². The highest BCUT2D eigenvalue weighted by molar-refractivity contribution is 7.85. The van der Waals surface area contributed by atoms with E-state index in [0.717, 1.165) is 0 Å². The first kappa shape index (κ1) is 14.2. The van der Waals surface area contributed by atoms with Gasteiger partial charge in [-0.15, -0.1) is 5.10 Å². The van der Waals surface area contributed by atoms with Crippen molar-refractivity contribution in [2.24, 2.45) is 0 Å². The summed E-state index contributed by atoms with van der Waals surface area (Å²) >= 11 is 0. The van der Waals surface area contributed by atoms with Crippen LogP contribution in [0, 0.1) is 0 Å². The normalized spacial score (nSPS) is 12.1. The molecule has 1 aromatic carbocycles. The number of methoxy groups -OCH3 is 1. The number of nitrogens with zero attached hydrogens (tertiary/aromatic N) is 3. The molecule has 2 rings (SSSR count). The summed E-state index contributed by atoms with van der Waals surface area (Å²) < 4.78 is 18.4. The molecule has 1 unspecified atom stereocenters. The fourth-order valence-electron chi connectivity index (χ4n) is 1.53. The quantitative estimate of drug-likeness (QED) is 0.846. The predicted molar refractivity (Wildman–Crippen MR) is 71.3 cm³/mol. The monoisotopic (exact) mass is 295 g/mol. The smallest absolute Gasteiger partial charge is 0.358 e. The van der Waals surface area contributed by atoms with Crippen LogP contribution in [0.5, 0.6) is 5.75 Å². The van der Waals surface area contributed by atoms with Gasteiger partial charge in [-0.25, -0.2) is 4.79 Å². The molecule has 0 saturated carbocycles. The lowest BCUT2D eigenvalue weighted by atomic mass is 10.3. The zero-order valence-electron chi connectivity index (χ0n) is 10.7. The van der Waals surface area contributed by atoms with E-state index in [1.165, 1.54) is 10.9 Å². The fraction of sp³-hybridized carbons (Fsp3) is 0.250. The number of benzene rings is 1. The third-order valence-corrected chi connectivity index (χ3v) is 3.94. The van der Waals surface area contributed by atoms with Crippen LogP contribution in [0.25, 0.3) is 0 Å². The maximum atomic E-state index is 12.1. The summed E-state index contributed by atoms with van der Waals surface area (Å²) in [6.07, 6.45) is 1.31. The lowest BCUT2D eigenvalue weighted by molar-refractivity contribution is 0.0690. The second-order valence-corrected chi connectivity index (χ2v) is 5.47. The van der Waals surface area contributed by atoms with Gasteiger partial charge in [0.15, 0.2) is 5.69 Å². The molecule has 7 nitrogen and oxygen atoms in total. The van der Waals surface area contributed by atoms with Gasteiger partial charge in [-0.2, -0.15) is 0 Å². The average molecular weight is 295 g/mol. The van der Waals surface area contributed by atoms with Crippen molar-refractivity contribution in [1.82, 2.24) is 15.0 Å². The number of hydrogen-bond acceptors (Lipinski definition) is 5. The molecule has 0 spiro atoms. The van der Waals surface area contributed by atoms with Crippen LogP contribution >= 0.6 is 0 Å². The number of carboxylic acids is 1. The Bertz CT molecular complexity index is 624. The molecule has 0 aliphatic rings. The number of aromatic nitrogens is 3. The van der Waals surface area contributed by atoms with E-state index in [0.29, 0.717) is 22.9 Å². The van der Waals surface area contributed by atoms with Crippen LogP contribution in [0.4, 0.5) is 0 Å². The van der Waals surface area contributed by atoms with E-state index in [-0.39, 0.29) is 5.69 Å². The van der Waals surface area contributed by atoms with Crippen molar-refractivity contribution in [2.45, 2.75) is 11.4 Å². The van der Waals surface area contributed by atoms with Crippen LogP contribution in [0.1, 0.15) is 10.5 Å². The third-order valence-electron chi connectivity index (χ3n) is 2.59. The lowest BCUT2D eigenvalue weighted by Gasteiger charge is -2.04. The van der Waals surface area contributed by atoms with Crippen LogP contribution in [-0.4, -0.2) is 43.1 Å². The number of carbonyl (C=O) groups is 1. The largest absolute Gasteiger partial charge is 0.497 e. The Morgan fingerprint density at radius 1 is 1.40 bits per heavy atom. The van der Waals surface area contributed by atoms with Gasteiger partial charge in [0.25, 0.3) is 0 Å². The van der Waals surface area contributed by atoms with Crippen LogP contribution in [0.2, 0.25) is 0 Å². The zero-order valence-corrected chi connectivity index (χ0v) is 11.5. The standard InChI is InChI=1S/C12H13N3O4S/c1-19-9-2-4-10(5-3-9)20(18)7-6-15-8-11(12(16)17)13-14-15/h2-5,8H,6-7H2,1H3,(H,16,17). The van der Waals surface area contributed by atoms with Crippen LogP contribution in [0.15, 0.2) is 35.4 Å². The molecule has 1 heterocycles. The van der Waals surface area contributed by atoms with Crippen molar-refractivity contribution in [1.29, 1.82) is 0 Å². The molecule has 1 N–H and O–H groups in total. The molecule has 0 radical (unpaired) electrons. The first-order valence-electron chi connectivity index (χ1n) is 5.76. The van der Waals surface area contributed by atoms with Crippen molar-refractivity contribution in [2.75, 3.05) is 12.9 Å². The van der Waals surface area contributed by atoms with E-state index in [9.17, 15) is 9.00 Å². The molecule has 8 heteroatoms. The summed E-state index contributed by atoms with van der Waals surface area (Å²) in [5.74, 6) is -0.102. The van der Waals surface area contributed by atoms with Gasteiger partial charge in [0.1, 0.15) is 5.75 Å². The predicted octanol–water partition coefficient (Wildman–Crippen LogP) is 0.793. The number of hydrogen-bond donors (Lipinski definition) is 1. The number of carboxylic acid groups (broad SMARTS) is 1. The van der Waals surface area contributed by atoms with Gasteiger partial charge in [-0.1, -0.05) is 5.21 Å². The first-order chi connectivity index (χ1) is 9.60. The Labute approximate surface area is 117 Å². The second-order valence-electron chi connectivity index (χ2n) is 3.90. The van der Waals surface area contributed by atoms with Crippen molar-refractivity contribution in [3.63, 3.8) is 0 Å². The first-order valence-corrected chi connectivity index (χ1v) is 7.08. The van der Waals surface area contributed by atoms with Crippen molar-refractivity contribution < 1.29 is 18.8 Å². The average Bonchev–Trinajstić information content (AvgIpc) is 2.94. The minimum atomic E-state index is -1.19. The van der Waals surface area contributed by atoms with E-state index in [1.54, 1.807) is 31.4 Å². The van der Waals surface area contributed by atoms with E-state index in [2.05, 4.69) is 10.3 Å². The Morgan fingerprint density at radius 3 is 2.65 bits per heavy atom. The molecule has 0 saturated heterocycles. The lowest BCUT2D eigenvalue weighted by Crippen LogP contribution is -2.08. The van der Waals surface area contributed by atoms with Crippen molar-refractivity contribution in [3.05, 3.63) is 36.2 Å². The highest BCUT2D eigenvalue weighted by atomic mass is 32.2. The van der Waals surface area contributed by atoms with E-state index >= 15 is 0 Å². The van der Waals surface area contributed by atoms with Gasteiger partial charge < -0.3 is 9.84 Å². The van der Waals surface area contributed by atoms with Gasteiger partial charge >= 0.3 is 5.97 Å². The van der Waals surface area contributed by atoms with Crippen LogP contribution in [0.3, 0.4) is 0 Å². The number of aryl methyl sites for hydroxylation is 1. The Kier molecular flexibility index (Phi) is 4.46. The highest BCUT2D eigenvalue weighted by Gasteiger charge is 2.09. The maximum Gasteiger partial charge on any atom is 0.358 e. The minimum Gasteiger partial charge on any atom is -0.497 e. The molecule has 0 fully saturated rings. The summed E-state index contributed by atoms with van der Waals surface area (Å²) in [5, 5.41) is 15.9. The Balaban J connectivity index is 1.95. The molecule has 2 aromatic rings. The van der Waals surface area contributed by atoms with Crippen molar-refractivity contribution >= 4 is 16.8 Å². The number of aromatic carboxylic acids is 1. The maximum absolute atomic E-state index is 12.1. The van der Waals surface area contributed by atoms with E-state index in [4.69, 9.17) is 9.84 Å². The van der Waals surface area contributed by atoms with Gasteiger partial charge in [0.2, 0.25) is 0 Å². The molecule has 0 aliphatic heterocycles. The fourth-order valence-corrected chi connectivity index (χ4v) is 2.56. The summed E-state index contributed by atoms with van der Waals surface area (Å²) in [4.78, 5) is 11.3. The molecule has 106 valence electrons. The summed E-state index contributed by atoms with van der Waals surface area (Å²) in [7, 11) is 0.379. The summed E-state index contributed by atoms with van der Waals surface area (Å²) in [5.41, 5.74) is -0.125. The molecule has 20 heavy (non-hydrogen) atoms. The van der Waals surface area contributed by atoms with E-state index < -0.39 is 16.8 Å². The summed E-state index contributed by atoms with van der Waals surface area (Å²) in [6.45, 7) is 0.332. The molecule has 1 atom stereocenters.